The van der Waals surface area contributed by atoms with Gasteiger partial charge in [-0.15, -0.1) is 24.0 Å². The van der Waals surface area contributed by atoms with Crippen LogP contribution in [0, 0.1) is 0 Å². The molecule has 0 radical (unpaired) electrons. The topological polar surface area (TPSA) is 52.1 Å². The lowest BCUT2D eigenvalue weighted by Crippen LogP contribution is -2.40. The lowest BCUT2D eigenvalue weighted by atomic mass is 10.2. The molecular weight excluding hydrogens is 453 g/mol. The van der Waals surface area contributed by atoms with Crippen molar-refractivity contribution in [3.05, 3.63) is 42.0 Å². The number of ether oxygens (including phenoxy) is 1. The summed E-state index contributed by atoms with van der Waals surface area (Å²) in [5, 5.41) is 6.74. The number of hydrogen-bond acceptors (Lipinski definition) is 4. The molecule has 0 saturated heterocycles. The fourth-order valence-electron chi connectivity index (χ4n) is 2.88. The van der Waals surface area contributed by atoms with Gasteiger partial charge in [-0.2, -0.15) is 0 Å². The fourth-order valence-corrected chi connectivity index (χ4v) is 2.88. The third kappa shape index (κ3) is 8.94. The van der Waals surface area contributed by atoms with Crippen LogP contribution in [-0.2, 0) is 11.3 Å². The molecule has 1 aliphatic heterocycles. The molecule has 27 heavy (non-hydrogen) atoms. The van der Waals surface area contributed by atoms with Crippen molar-refractivity contribution in [3.8, 4) is 0 Å². The van der Waals surface area contributed by atoms with E-state index in [0.29, 0.717) is 0 Å². The van der Waals surface area contributed by atoms with Crippen LogP contribution in [-0.4, -0.2) is 71.4 Å². The van der Waals surface area contributed by atoms with E-state index in [1.165, 1.54) is 11.3 Å². The van der Waals surface area contributed by atoms with Crippen molar-refractivity contribution < 1.29 is 4.74 Å². The van der Waals surface area contributed by atoms with Gasteiger partial charge in [0.25, 0.3) is 0 Å². The van der Waals surface area contributed by atoms with Crippen LogP contribution in [0.15, 0.2) is 41.4 Å². The van der Waals surface area contributed by atoms with Crippen LogP contribution in [0.25, 0.3) is 0 Å². The molecule has 0 fully saturated rings. The second-order valence-corrected chi connectivity index (χ2v) is 6.55. The van der Waals surface area contributed by atoms with Gasteiger partial charge in [0.15, 0.2) is 5.96 Å². The van der Waals surface area contributed by atoms with E-state index in [1.54, 1.807) is 14.2 Å². The van der Waals surface area contributed by atoms with Crippen LogP contribution in [0.2, 0.25) is 0 Å². The van der Waals surface area contributed by atoms with E-state index < -0.39 is 0 Å². The van der Waals surface area contributed by atoms with Gasteiger partial charge in [0.1, 0.15) is 0 Å². The molecule has 1 heterocycles. The molecule has 0 bridgehead atoms. The molecule has 0 aromatic heterocycles. The number of hydrogen-bond donors (Lipinski definition) is 2. The molecule has 1 aliphatic rings. The van der Waals surface area contributed by atoms with Crippen molar-refractivity contribution >= 4 is 35.6 Å². The third-order valence-electron chi connectivity index (χ3n) is 4.48. The predicted molar refractivity (Wildman–Crippen MR) is 125 cm³/mol. The van der Waals surface area contributed by atoms with Gasteiger partial charge in [0, 0.05) is 65.7 Å². The molecule has 1 aromatic carbocycles. The van der Waals surface area contributed by atoms with Crippen molar-refractivity contribution in [2.45, 2.75) is 13.0 Å². The summed E-state index contributed by atoms with van der Waals surface area (Å²) in [5.41, 5.74) is 2.53. The van der Waals surface area contributed by atoms with Crippen molar-refractivity contribution in [3.63, 3.8) is 0 Å². The van der Waals surface area contributed by atoms with Crippen molar-refractivity contribution in [1.82, 2.24) is 15.5 Å². The number of nitrogens with one attached hydrogen (secondary N) is 2. The Labute approximate surface area is 181 Å². The first kappa shape index (κ1) is 23.7. The lowest BCUT2D eigenvalue weighted by molar-refractivity contribution is 0.180. The molecule has 0 atom stereocenters. The van der Waals surface area contributed by atoms with E-state index in [4.69, 9.17) is 4.74 Å². The Morgan fingerprint density at radius 3 is 2.48 bits per heavy atom. The second kappa shape index (κ2) is 13.8. The molecule has 2 N–H and O–H groups in total. The van der Waals surface area contributed by atoms with Gasteiger partial charge in [-0.25, -0.2) is 0 Å². The summed E-state index contributed by atoms with van der Waals surface area (Å²) in [6, 6.07) is 8.74. The summed E-state index contributed by atoms with van der Waals surface area (Å²) in [7, 11) is 5.68. The smallest absolute Gasteiger partial charge is 0.191 e. The maximum atomic E-state index is 5.09. The summed E-state index contributed by atoms with van der Waals surface area (Å²) in [6.45, 7) is 6.48. The molecule has 1 aromatic rings. The molecule has 6 nitrogen and oxygen atoms in total. The van der Waals surface area contributed by atoms with Crippen LogP contribution in [0.4, 0.5) is 5.69 Å². The number of halogens is 1. The predicted octanol–water partition coefficient (Wildman–Crippen LogP) is 2.31. The summed E-state index contributed by atoms with van der Waals surface area (Å²) in [6.07, 6.45) is 5.48. The third-order valence-corrected chi connectivity index (χ3v) is 4.48. The van der Waals surface area contributed by atoms with Crippen LogP contribution in [0.3, 0.4) is 0 Å². The van der Waals surface area contributed by atoms with Crippen molar-refractivity contribution in [2.75, 3.05) is 65.4 Å². The average molecular weight is 487 g/mol. The number of anilines is 1. The lowest BCUT2D eigenvalue weighted by Gasteiger charge is -2.19. The highest BCUT2D eigenvalue weighted by Gasteiger charge is 2.07. The van der Waals surface area contributed by atoms with Crippen LogP contribution in [0.1, 0.15) is 12.0 Å². The van der Waals surface area contributed by atoms with E-state index in [-0.39, 0.29) is 24.0 Å². The number of guanidine groups is 1. The zero-order chi connectivity index (χ0) is 18.6. The molecule has 7 heteroatoms. The number of methoxy groups -OCH3 is 1. The normalized spacial score (nSPS) is 13.8. The van der Waals surface area contributed by atoms with Gasteiger partial charge in [-0.1, -0.05) is 24.3 Å². The molecule has 0 saturated carbocycles. The number of aliphatic imine (C=N–C) groups is 1. The van der Waals surface area contributed by atoms with Gasteiger partial charge in [-0.05, 0) is 31.2 Å². The summed E-state index contributed by atoms with van der Waals surface area (Å²) < 4.78 is 5.09. The van der Waals surface area contributed by atoms with Gasteiger partial charge < -0.3 is 25.2 Å². The van der Waals surface area contributed by atoms with Crippen LogP contribution in [0.5, 0.6) is 0 Å². The zero-order valence-electron chi connectivity index (χ0n) is 16.8. The van der Waals surface area contributed by atoms with Gasteiger partial charge >= 0.3 is 0 Å². The largest absolute Gasteiger partial charge is 0.385 e. The fraction of sp³-hybridized carbons (Fsp3) is 0.550. The molecule has 2 rings (SSSR count). The summed E-state index contributed by atoms with van der Waals surface area (Å²) >= 11 is 0. The molecular formula is C20H34IN5O. The summed E-state index contributed by atoms with van der Waals surface area (Å²) in [5.74, 6) is 0.836. The van der Waals surface area contributed by atoms with Gasteiger partial charge in [0.2, 0.25) is 0 Å². The minimum absolute atomic E-state index is 0. The number of rotatable bonds is 10. The minimum atomic E-state index is 0. The Morgan fingerprint density at radius 1 is 1.15 bits per heavy atom. The molecule has 0 aliphatic carbocycles. The first-order chi connectivity index (χ1) is 12.7. The Bertz CT molecular complexity index is 568. The monoisotopic (exact) mass is 487 g/mol. The Hall–Kier alpha value is -1.32. The quantitative estimate of drug-likeness (QED) is 0.175. The zero-order valence-corrected chi connectivity index (χ0v) is 19.1. The Balaban J connectivity index is 0.00000364. The first-order valence-corrected chi connectivity index (χ1v) is 9.34. The highest BCUT2D eigenvalue weighted by atomic mass is 127. The second-order valence-electron chi connectivity index (χ2n) is 6.55. The van der Waals surface area contributed by atoms with Crippen LogP contribution >= 0.6 is 24.0 Å². The van der Waals surface area contributed by atoms with Crippen molar-refractivity contribution in [1.29, 1.82) is 0 Å². The van der Waals surface area contributed by atoms with E-state index in [2.05, 4.69) is 68.9 Å². The number of likely N-dealkylation sites (N-methyl/N-ethyl adjacent to an activating group) is 1. The van der Waals surface area contributed by atoms with Crippen LogP contribution < -0.4 is 15.5 Å². The highest BCUT2D eigenvalue weighted by Crippen LogP contribution is 2.17. The number of benzene rings is 1. The average Bonchev–Trinajstić information content (AvgIpc) is 3.20. The maximum Gasteiger partial charge on any atom is 0.191 e. The maximum absolute atomic E-state index is 5.09. The Morgan fingerprint density at radius 2 is 1.85 bits per heavy atom. The van der Waals surface area contributed by atoms with E-state index in [0.717, 1.165) is 58.3 Å². The Kier molecular flexibility index (Phi) is 12.1. The van der Waals surface area contributed by atoms with Gasteiger partial charge in [0.05, 0.1) is 0 Å². The highest BCUT2D eigenvalue weighted by molar-refractivity contribution is 14.0. The van der Waals surface area contributed by atoms with Gasteiger partial charge in [-0.3, -0.25) is 4.99 Å². The number of nitrogens with zero attached hydrogens (tertiary/aromatic N) is 3. The first-order valence-electron chi connectivity index (χ1n) is 9.34. The van der Waals surface area contributed by atoms with E-state index in [9.17, 15) is 0 Å². The molecule has 0 unspecified atom stereocenters. The summed E-state index contributed by atoms with van der Waals surface area (Å²) in [4.78, 5) is 8.94. The van der Waals surface area contributed by atoms with Crippen molar-refractivity contribution in [2.24, 2.45) is 4.99 Å². The molecule has 0 spiro atoms. The van der Waals surface area contributed by atoms with E-state index in [1.807, 2.05) is 0 Å². The molecule has 152 valence electrons. The molecule has 0 amide bonds. The minimum Gasteiger partial charge on any atom is -0.385 e. The standard InChI is InChI=1S/C20H33N5O.HI/c1-21-20(22-11-15-24(2)12-6-16-26-3)23-17-18-7-9-19(10-8-18)25-13-4-5-14-25;/h4-5,7-10H,6,11-17H2,1-3H3,(H2,21,22,23);1H. The SMILES string of the molecule is CN=C(NCCN(C)CCCOC)NCc1ccc(N2CC=CC2)cc1.I. The van der Waals surface area contributed by atoms with E-state index >= 15 is 0 Å².